The number of thiazole rings is 1. The largest absolute Gasteiger partial charge is 0.331 e. The number of amides is 4. The molecule has 3 aliphatic rings. The second kappa shape index (κ2) is 8.02. The van der Waals surface area contributed by atoms with Crippen LogP contribution < -0.4 is 10.2 Å². The first-order chi connectivity index (χ1) is 13.9. The van der Waals surface area contributed by atoms with Crippen LogP contribution in [0.3, 0.4) is 0 Å². The standard InChI is InChI=1S/C20H29N5O3S/c1-14-5-3-4-6-20(14)18(27)25(19(28)22-20)13-23-7-9-24(10-8-23)17(26)11-16-21-15(2)12-29-16/h12,14H,3-11,13H2,1-2H3,(H,22,28)/p+1/t14-,20+/m0/s1. The summed E-state index contributed by atoms with van der Waals surface area (Å²) in [4.78, 5) is 47.0. The highest BCUT2D eigenvalue weighted by atomic mass is 32.1. The van der Waals surface area contributed by atoms with Crippen LogP contribution in [0.4, 0.5) is 4.79 Å². The van der Waals surface area contributed by atoms with Crippen molar-refractivity contribution < 1.29 is 19.3 Å². The lowest BCUT2D eigenvalue weighted by molar-refractivity contribution is -0.911. The quantitative estimate of drug-likeness (QED) is 0.681. The van der Waals surface area contributed by atoms with E-state index in [9.17, 15) is 14.4 Å². The number of nitrogens with one attached hydrogen (secondary N) is 2. The maximum Gasteiger partial charge on any atom is 0.329 e. The molecular formula is C20H30N5O3S+. The van der Waals surface area contributed by atoms with Crippen molar-refractivity contribution in [3.05, 3.63) is 16.1 Å². The topological polar surface area (TPSA) is 87.0 Å². The van der Waals surface area contributed by atoms with Gasteiger partial charge in [0, 0.05) is 11.1 Å². The lowest BCUT2D eigenvalue weighted by Gasteiger charge is -2.37. The molecular weight excluding hydrogens is 390 g/mol. The second-order valence-corrected chi connectivity index (χ2v) is 9.57. The van der Waals surface area contributed by atoms with Gasteiger partial charge in [0.1, 0.15) is 10.5 Å². The minimum Gasteiger partial charge on any atom is -0.331 e. The van der Waals surface area contributed by atoms with Crippen LogP contribution in [0.25, 0.3) is 0 Å². The average Bonchev–Trinajstić information content (AvgIpc) is 3.21. The minimum atomic E-state index is -0.696. The van der Waals surface area contributed by atoms with Crippen LogP contribution in [0.15, 0.2) is 5.38 Å². The number of rotatable bonds is 4. The third-order valence-corrected chi connectivity index (χ3v) is 7.64. The van der Waals surface area contributed by atoms with Gasteiger partial charge in [-0.3, -0.25) is 9.59 Å². The van der Waals surface area contributed by atoms with Gasteiger partial charge in [0.25, 0.3) is 5.91 Å². The van der Waals surface area contributed by atoms with Crippen molar-refractivity contribution >= 4 is 29.2 Å². The summed E-state index contributed by atoms with van der Waals surface area (Å²) >= 11 is 1.52. The van der Waals surface area contributed by atoms with Crippen LogP contribution in [0, 0.1) is 12.8 Å². The van der Waals surface area contributed by atoms with Gasteiger partial charge in [0.2, 0.25) is 5.91 Å². The number of carbonyl (C=O) groups excluding carboxylic acids is 3. The van der Waals surface area contributed by atoms with Gasteiger partial charge < -0.3 is 15.1 Å². The molecule has 2 N–H and O–H groups in total. The summed E-state index contributed by atoms with van der Waals surface area (Å²) in [5, 5.41) is 5.83. The van der Waals surface area contributed by atoms with Gasteiger partial charge >= 0.3 is 6.03 Å². The van der Waals surface area contributed by atoms with Crippen molar-refractivity contribution in [2.24, 2.45) is 5.92 Å². The number of imide groups is 1. The molecule has 9 heteroatoms. The summed E-state index contributed by atoms with van der Waals surface area (Å²) in [6, 6.07) is -0.256. The van der Waals surface area contributed by atoms with E-state index in [1.54, 1.807) is 0 Å². The van der Waals surface area contributed by atoms with Crippen molar-refractivity contribution in [2.75, 3.05) is 32.8 Å². The fourth-order valence-electron chi connectivity index (χ4n) is 4.82. The highest BCUT2D eigenvalue weighted by molar-refractivity contribution is 7.09. The van der Waals surface area contributed by atoms with Gasteiger partial charge in [0.05, 0.1) is 32.6 Å². The molecule has 3 fully saturated rings. The molecule has 29 heavy (non-hydrogen) atoms. The molecule has 0 bridgehead atoms. The van der Waals surface area contributed by atoms with Crippen molar-refractivity contribution in [3.8, 4) is 0 Å². The normalized spacial score (nSPS) is 28.3. The van der Waals surface area contributed by atoms with E-state index in [1.807, 2.05) is 17.2 Å². The van der Waals surface area contributed by atoms with E-state index in [4.69, 9.17) is 0 Å². The third kappa shape index (κ3) is 3.90. The van der Waals surface area contributed by atoms with Crippen molar-refractivity contribution in [1.82, 2.24) is 20.1 Å². The number of urea groups is 1. The highest BCUT2D eigenvalue weighted by Crippen LogP contribution is 2.37. The monoisotopic (exact) mass is 420 g/mol. The number of aromatic nitrogens is 1. The Hall–Kier alpha value is -2.00. The van der Waals surface area contributed by atoms with Crippen molar-refractivity contribution in [3.63, 3.8) is 0 Å². The zero-order valence-electron chi connectivity index (χ0n) is 17.2. The number of nitrogens with zero attached hydrogens (tertiary/aromatic N) is 3. The molecule has 3 heterocycles. The molecule has 8 nitrogen and oxygen atoms in total. The van der Waals surface area contributed by atoms with E-state index in [0.29, 0.717) is 26.2 Å². The van der Waals surface area contributed by atoms with E-state index in [1.165, 1.54) is 21.1 Å². The Bertz CT molecular complexity index is 804. The highest BCUT2D eigenvalue weighted by Gasteiger charge is 2.55. The molecule has 4 rings (SSSR count). The summed E-state index contributed by atoms with van der Waals surface area (Å²) < 4.78 is 0. The van der Waals surface area contributed by atoms with Gasteiger partial charge in [-0.2, -0.15) is 0 Å². The summed E-state index contributed by atoms with van der Waals surface area (Å²) in [5.74, 6) is 0.222. The molecule has 4 amide bonds. The zero-order valence-corrected chi connectivity index (χ0v) is 18.0. The SMILES string of the molecule is Cc1csc(CC(=O)N2CC[NH+](CN3C(=O)N[C@@]4(CCCC[C@@H]4C)C3=O)CC2)n1. The van der Waals surface area contributed by atoms with E-state index in [2.05, 4.69) is 17.2 Å². The van der Waals surface area contributed by atoms with Crippen LogP contribution in [-0.4, -0.2) is 71.0 Å². The molecule has 2 aliphatic heterocycles. The fourth-order valence-corrected chi connectivity index (χ4v) is 5.58. The molecule has 1 aliphatic carbocycles. The Balaban J connectivity index is 1.31. The zero-order chi connectivity index (χ0) is 20.6. The van der Waals surface area contributed by atoms with Gasteiger partial charge in [0.15, 0.2) is 6.67 Å². The summed E-state index contributed by atoms with van der Waals surface area (Å²) in [6.07, 6.45) is 4.17. The second-order valence-electron chi connectivity index (χ2n) is 8.63. The van der Waals surface area contributed by atoms with E-state index in [-0.39, 0.29) is 23.8 Å². The molecule has 2 saturated heterocycles. The Morgan fingerprint density at radius 1 is 1.34 bits per heavy atom. The molecule has 2 atom stereocenters. The first kappa shape index (κ1) is 20.3. The predicted molar refractivity (Wildman–Crippen MR) is 108 cm³/mol. The Morgan fingerprint density at radius 3 is 2.76 bits per heavy atom. The average molecular weight is 421 g/mol. The number of hydrogen-bond donors (Lipinski definition) is 2. The number of piperazine rings is 1. The van der Waals surface area contributed by atoms with E-state index >= 15 is 0 Å². The maximum absolute atomic E-state index is 13.1. The van der Waals surface area contributed by atoms with Crippen molar-refractivity contribution in [2.45, 2.75) is 51.5 Å². The number of carbonyl (C=O) groups is 3. The lowest BCUT2D eigenvalue weighted by atomic mass is 9.73. The summed E-state index contributed by atoms with van der Waals surface area (Å²) in [6.45, 7) is 7.15. The van der Waals surface area contributed by atoms with E-state index < -0.39 is 5.54 Å². The Morgan fingerprint density at radius 2 is 2.10 bits per heavy atom. The number of hydrogen-bond acceptors (Lipinski definition) is 5. The summed E-state index contributed by atoms with van der Waals surface area (Å²) in [5.41, 5.74) is 0.254. The minimum absolute atomic E-state index is 0.0557. The molecule has 1 aromatic rings. The van der Waals surface area contributed by atoms with Crippen molar-refractivity contribution in [1.29, 1.82) is 0 Å². The molecule has 0 radical (unpaired) electrons. The molecule has 158 valence electrons. The van der Waals surface area contributed by atoms with Crippen LogP contribution in [0.1, 0.15) is 43.3 Å². The number of aryl methyl sites for hydroxylation is 1. The summed E-state index contributed by atoms with van der Waals surface area (Å²) in [7, 11) is 0. The van der Waals surface area contributed by atoms with Gasteiger partial charge in [-0.1, -0.05) is 19.8 Å². The molecule has 0 unspecified atom stereocenters. The molecule has 1 saturated carbocycles. The Labute approximate surface area is 175 Å². The van der Waals surface area contributed by atoms with Gasteiger partial charge in [-0.15, -0.1) is 11.3 Å². The van der Waals surface area contributed by atoms with Crippen LogP contribution in [-0.2, 0) is 16.0 Å². The predicted octanol–water partition coefficient (Wildman–Crippen LogP) is 0.179. The van der Waals surface area contributed by atoms with Gasteiger partial charge in [-0.05, 0) is 25.7 Å². The molecule has 1 spiro atoms. The smallest absolute Gasteiger partial charge is 0.329 e. The first-order valence-corrected chi connectivity index (χ1v) is 11.4. The maximum atomic E-state index is 13.1. The Kier molecular flexibility index (Phi) is 5.61. The molecule has 0 aromatic carbocycles. The van der Waals surface area contributed by atoms with Crippen LogP contribution >= 0.6 is 11.3 Å². The third-order valence-electron chi connectivity index (χ3n) is 6.68. The van der Waals surface area contributed by atoms with E-state index in [0.717, 1.165) is 49.5 Å². The first-order valence-electron chi connectivity index (χ1n) is 10.6. The fraction of sp³-hybridized carbons (Fsp3) is 0.700. The van der Waals surface area contributed by atoms with Gasteiger partial charge in [-0.25, -0.2) is 14.7 Å². The van der Waals surface area contributed by atoms with Crippen LogP contribution in [0.5, 0.6) is 0 Å². The lowest BCUT2D eigenvalue weighted by Crippen LogP contribution is -3.16. The number of quaternary nitrogens is 1. The molecule has 1 aromatic heterocycles. The van der Waals surface area contributed by atoms with Crippen LogP contribution in [0.2, 0.25) is 0 Å².